The van der Waals surface area contributed by atoms with Crippen LogP contribution in [0.1, 0.15) is 34.3 Å². The molecule has 0 amide bonds. The molecule has 0 aromatic heterocycles. The Morgan fingerprint density at radius 3 is 2.65 bits per heavy atom. The highest BCUT2D eigenvalue weighted by Gasteiger charge is 2.18. The van der Waals surface area contributed by atoms with Crippen molar-refractivity contribution in [2.45, 2.75) is 19.3 Å². The maximum atomic E-state index is 14.1. The van der Waals surface area contributed by atoms with Crippen molar-refractivity contribution in [3.8, 4) is 5.75 Å². The van der Waals surface area contributed by atoms with E-state index < -0.39 is 5.82 Å². The molecule has 1 heterocycles. The van der Waals surface area contributed by atoms with Crippen LogP contribution in [0.2, 0.25) is 0 Å². The molecule has 0 bridgehead atoms. The average molecular weight is 270 g/mol. The normalized spacial score (nSPS) is 14.1. The van der Waals surface area contributed by atoms with E-state index in [1.807, 2.05) is 6.07 Å². The van der Waals surface area contributed by atoms with Gasteiger partial charge in [-0.05, 0) is 37.0 Å². The van der Waals surface area contributed by atoms with Gasteiger partial charge < -0.3 is 4.74 Å². The van der Waals surface area contributed by atoms with Crippen LogP contribution in [0, 0.1) is 5.82 Å². The van der Waals surface area contributed by atoms with Crippen LogP contribution < -0.4 is 4.74 Å². The Balaban J connectivity index is 2.01. The van der Waals surface area contributed by atoms with Crippen molar-refractivity contribution >= 4 is 5.78 Å². The van der Waals surface area contributed by atoms with Gasteiger partial charge in [0.05, 0.1) is 6.61 Å². The topological polar surface area (TPSA) is 26.3 Å². The third kappa shape index (κ3) is 2.44. The zero-order valence-electron chi connectivity index (χ0n) is 11.1. The lowest BCUT2D eigenvalue weighted by molar-refractivity contribution is 0.103. The second-order valence-corrected chi connectivity index (χ2v) is 4.95. The Bertz CT molecular complexity index is 635. The lowest BCUT2D eigenvalue weighted by Crippen LogP contribution is -2.05. The summed E-state index contributed by atoms with van der Waals surface area (Å²) in [6, 6.07) is 12.0. The predicted octanol–water partition coefficient (Wildman–Crippen LogP) is 3.77. The molecule has 0 unspecified atom stereocenters. The number of fused-ring (bicyclic) bond motifs is 1. The van der Waals surface area contributed by atoms with Crippen LogP contribution in [0.4, 0.5) is 4.39 Å². The monoisotopic (exact) mass is 270 g/mol. The standard InChI is InChI=1S/C17H15FO2/c18-15-11-14(16(19)12-6-2-1-3-7-12)10-13-8-4-5-9-20-17(13)15/h1-3,6-7,10-11H,4-5,8-9H2. The highest BCUT2D eigenvalue weighted by Crippen LogP contribution is 2.29. The van der Waals surface area contributed by atoms with E-state index in [0.717, 1.165) is 24.8 Å². The van der Waals surface area contributed by atoms with E-state index in [4.69, 9.17) is 4.74 Å². The first kappa shape index (κ1) is 12.9. The van der Waals surface area contributed by atoms with E-state index in [1.54, 1.807) is 30.3 Å². The molecule has 2 aromatic carbocycles. The number of rotatable bonds is 2. The van der Waals surface area contributed by atoms with E-state index in [0.29, 0.717) is 23.5 Å². The number of carbonyl (C=O) groups is 1. The quantitative estimate of drug-likeness (QED) is 0.776. The van der Waals surface area contributed by atoms with Gasteiger partial charge in [0.15, 0.2) is 17.3 Å². The summed E-state index contributed by atoms with van der Waals surface area (Å²) in [5.41, 5.74) is 1.75. The highest BCUT2D eigenvalue weighted by molar-refractivity contribution is 6.09. The van der Waals surface area contributed by atoms with E-state index >= 15 is 0 Å². The third-order valence-electron chi connectivity index (χ3n) is 3.51. The molecule has 2 aromatic rings. The summed E-state index contributed by atoms with van der Waals surface area (Å²) in [5.74, 6) is -0.285. The van der Waals surface area contributed by atoms with Crippen molar-refractivity contribution in [1.82, 2.24) is 0 Å². The number of carbonyl (C=O) groups excluding carboxylic acids is 1. The molecule has 3 heteroatoms. The molecule has 1 aliphatic heterocycles. The largest absolute Gasteiger partial charge is 0.490 e. The van der Waals surface area contributed by atoms with Gasteiger partial charge in [0.2, 0.25) is 0 Å². The molecule has 0 saturated heterocycles. The summed E-state index contributed by atoms with van der Waals surface area (Å²) in [5, 5.41) is 0. The van der Waals surface area contributed by atoms with Gasteiger partial charge in [0.1, 0.15) is 0 Å². The van der Waals surface area contributed by atoms with Gasteiger partial charge in [-0.1, -0.05) is 30.3 Å². The lowest BCUT2D eigenvalue weighted by Gasteiger charge is -2.10. The van der Waals surface area contributed by atoms with Crippen molar-refractivity contribution in [1.29, 1.82) is 0 Å². The molecule has 0 radical (unpaired) electrons. The van der Waals surface area contributed by atoms with Gasteiger partial charge >= 0.3 is 0 Å². The van der Waals surface area contributed by atoms with Crippen LogP contribution in [0.5, 0.6) is 5.75 Å². The number of halogens is 1. The minimum Gasteiger partial charge on any atom is -0.490 e. The molecule has 0 spiro atoms. The molecule has 0 aliphatic carbocycles. The van der Waals surface area contributed by atoms with E-state index in [2.05, 4.69) is 0 Å². The Hall–Kier alpha value is -2.16. The summed E-state index contributed by atoms with van der Waals surface area (Å²) in [6.07, 6.45) is 2.62. The number of ketones is 1. The fourth-order valence-corrected chi connectivity index (χ4v) is 2.48. The number of hydrogen-bond acceptors (Lipinski definition) is 2. The second kappa shape index (κ2) is 5.45. The third-order valence-corrected chi connectivity index (χ3v) is 3.51. The number of aryl methyl sites for hydroxylation is 1. The molecular weight excluding hydrogens is 255 g/mol. The van der Waals surface area contributed by atoms with Crippen LogP contribution in [0.15, 0.2) is 42.5 Å². The molecule has 0 saturated carbocycles. The van der Waals surface area contributed by atoms with Crippen molar-refractivity contribution < 1.29 is 13.9 Å². The molecule has 0 atom stereocenters. The molecule has 1 aliphatic rings. The fraction of sp³-hybridized carbons (Fsp3) is 0.235. The van der Waals surface area contributed by atoms with Crippen LogP contribution in [-0.4, -0.2) is 12.4 Å². The van der Waals surface area contributed by atoms with Crippen LogP contribution in [-0.2, 0) is 6.42 Å². The first-order chi connectivity index (χ1) is 9.75. The average Bonchev–Trinajstić information content (AvgIpc) is 2.73. The first-order valence-corrected chi connectivity index (χ1v) is 6.80. The number of hydrogen-bond donors (Lipinski definition) is 0. The maximum absolute atomic E-state index is 14.1. The molecule has 20 heavy (non-hydrogen) atoms. The minimum absolute atomic E-state index is 0.156. The van der Waals surface area contributed by atoms with Gasteiger partial charge in [0, 0.05) is 11.1 Å². The predicted molar refractivity (Wildman–Crippen MR) is 74.7 cm³/mol. The number of benzene rings is 2. The Morgan fingerprint density at radius 1 is 1.05 bits per heavy atom. The Morgan fingerprint density at radius 2 is 1.85 bits per heavy atom. The molecule has 3 rings (SSSR count). The van der Waals surface area contributed by atoms with Crippen molar-refractivity contribution in [3.05, 3.63) is 65.0 Å². The highest BCUT2D eigenvalue weighted by atomic mass is 19.1. The smallest absolute Gasteiger partial charge is 0.193 e. The SMILES string of the molecule is O=C(c1ccccc1)c1cc(F)c2c(c1)CCCCO2. The molecule has 2 nitrogen and oxygen atoms in total. The molecule has 0 N–H and O–H groups in total. The molecular formula is C17H15FO2. The Kier molecular flexibility index (Phi) is 3.50. The van der Waals surface area contributed by atoms with E-state index in [-0.39, 0.29) is 5.78 Å². The summed E-state index contributed by atoms with van der Waals surface area (Å²) in [4.78, 5) is 12.4. The van der Waals surface area contributed by atoms with Gasteiger partial charge in [-0.25, -0.2) is 4.39 Å². The van der Waals surface area contributed by atoms with Gasteiger partial charge in [-0.3, -0.25) is 4.79 Å². The second-order valence-electron chi connectivity index (χ2n) is 4.95. The van der Waals surface area contributed by atoms with Crippen LogP contribution in [0.25, 0.3) is 0 Å². The van der Waals surface area contributed by atoms with Crippen LogP contribution >= 0.6 is 0 Å². The Labute approximate surface area is 117 Å². The minimum atomic E-state index is -0.441. The van der Waals surface area contributed by atoms with Gasteiger partial charge in [-0.15, -0.1) is 0 Å². The van der Waals surface area contributed by atoms with Crippen molar-refractivity contribution in [2.75, 3.05) is 6.61 Å². The van der Waals surface area contributed by atoms with Gasteiger partial charge in [-0.2, -0.15) is 0 Å². The lowest BCUT2D eigenvalue weighted by atomic mass is 9.98. The summed E-state index contributed by atoms with van der Waals surface area (Å²) < 4.78 is 19.5. The van der Waals surface area contributed by atoms with E-state index in [9.17, 15) is 9.18 Å². The summed E-state index contributed by atoms with van der Waals surface area (Å²) in [6.45, 7) is 0.538. The molecule has 102 valence electrons. The zero-order chi connectivity index (χ0) is 13.9. The maximum Gasteiger partial charge on any atom is 0.193 e. The van der Waals surface area contributed by atoms with Crippen molar-refractivity contribution in [3.63, 3.8) is 0 Å². The number of ether oxygens (including phenoxy) is 1. The first-order valence-electron chi connectivity index (χ1n) is 6.80. The summed E-state index contributed by atoms with van der Waals surface area (Å²) >= 11 is 0. The summed E-state index contributed by atoms with van der Waals surface area (Å²) in [7, 11) is 0. The van der Waals surface area contributed by atoms with Crippen LogP contribution in [0.3, 0.4) is 0 Å². The van der Waals surface area contributed by atoms with Crippen molar-refractivity contribution in [2.24, 2.45) is 0 Å². The van der Waals surface area contributed by atoms with Gasteiger partial charge in [0.25, 0.3) is 0 Å². The van der Waals surface area contributed by atoms with E-state index in [1.165, 1.54) is 6.07 Å². The zero-order valence-corrected chi connectivity index (χ0v) is 11.1. The molecule has 0 fully saturated rings. The fourth-order valence-electron chi connectivity index (χ4n) is 2.48.